The van der Waals surface area contributed by atoms with E-state index >= 15 is 0 Å². The van der Waals surface area contributed by atoms with Crippen molar-refractivity contribution < 1.29 is 28.7 Å². The molecule has 1 aromatic heterocycles. The highest BCUT2D eigenvalue weighted by Crippen LogP contribution is 2.44. The molecule has 0 bridgehead atoms. The Morgan fingerprint density at radius 2 is 1.92 bits per heavy atom. The van der Waals surface area contributed by atoms with E-state index in [1.165, 1.54) is 6.20 Å². The molecule has 214 valence electrons. The number of aromatic amines is 1. The number of carbonyl (C=O) groups excluding carboxylic acids is 1. The second-order valence-electron chi connectivity index (χ2n) is 11.0. The Labute approximate surface area is 226 Å². The highest BCUT2D eigenvalue weighted by atomic mass is 28.4. The molecule has 0 spiro atoms. The zero-order chi connectivity index (χ0) is 29.0. The molecule has 2 heterocycles. The van der Waals surface area contributed by atoms with Crippen LogP contribution in [0.4, 0.5) is 4.79 Å². The van der Waals surface area contributed by atoms with Crippen molar-refractivity contribution in [2.75, 3.05) is 13.1 Å². The largest absolute Gasteiger partial charge is 0.445 e. The number of carbonyl (C=O) groups is 1. The molecule has 1 aliphatic rings. The van der Waals surface area contributed by atoms with Crippen molar-refractivity contribution in [3.05, 3.63) is 79.1 Å². The van der Waals surface area contributed by atoms with E-state index in [-0.39, 0.29) is 18.2 Å². The Balaban J connectivity index is 1.93. The van der Waals surface area contributed by atoms with Crippen LogP contribution in [0.5, 0.6) is 0 Å². The van der Waals surface area contributed by atoms with E-state index in [0.717, 1.165) is 16.2 Å². The SMILES string of the molecule is CC(C)(C)[Si](C)(C)O[C@@H]1[C@H](CNC(=O)OCc2ccccc2)[C@@H](C(O)C[N+](=O)[O-])O[C@H]1n1ccc(=O)[nH]c1=O. The number of nitro groups is 1. The normalized spacial score (nSPS) is 22.3. The molecule has 0 radical (unpaired) electrons. The number of rotatable bonds is 10. The molecule has 0 saturated carbocycles. The van der Waals surface area contributed by atoms with Crippen LogP contribution in [0.25, 0.3) is 0 Å². The molecule has 5 atom stereocenters. The molecular weight excluding hydrogens is 528 g/mol. The quantitative estimate of drug-likeness (QED) is 0.221. The van der Waals surface area contributed by atoms with Gasteiger partial charge in [-0.1, -0.05) is 51.1 Å². The Kier molecular flexibility index (Phi) is 9.48. The minimum atomic E-state index is -2.55. The summed E-state index contributed by atoms with van der Waals surface area (Å²) in [6, 6.07) is 10.2. The predicted octanol–water partition coefficient (Wildman–Crippen LogP) is 2.00. The van der Waals surface area contributed by atoms with Gasteiger partial charge in [0.15, 0.2) is 14.5 Å². The van der Waals surface area contributed by atoms with Crippen molar-refractivity contribution in [1.82, 2.24) is 14.9 Å². The number of ether oxygens (including phenoxy) is 2. The van der Waals surface area contributed by atoms with Crippen LogP contribution in [0.3, 0.4) is 0 Å². The Morgan fingerprint density at radius 1 is 1.26 bits per heavy atom. The van der Waals surface area contributed by atoms with Gasteiger partial charge in [0.25, 0.3) is 5.56 Å². The lowest BCUT2D eigenvalue weighted by Gasteiger charge is -2.41. The second-order valence-corrected chi connectivity index (χ2v) is 15.8. The van der Waals surface area contributed by atoms with E-state index in [2.05, 4.69) is 10.3 Å². The summed E-state index contributed by atoms with van der Waals surface area (Å²) in [6.45, 7) is 9.11. The zero-order valence-electron chi connectivity index (χ0n) is 22.7. The van der Waals surface area contributed by atoms with Crippen LogP contribution in [0.15, 0.2) is 52.2 Å². The topological polar surface area (TPSA) is 175 Å². The van der Waals surface area contributed by atoms with Crippen LogP contribution in [0.1, 0.15) is 32.6 Å². The third kappa shape index (κ3) is 7.62. The summed E-state index contributed by atoms with van der Waals surface area (Å²) in [4.78, 5) is 49.7. The molecule has 1 unspecified atom stereocenters. The van der Waals surface area contributed by atoms with E-state index in [1.54, 1.807) is 12.1 Å². The number of nitrogens with zero attached hydrogens (tertiary/aromatic N) is 2. The van der Waals surface area contributed by atoms with Gasteiger partial charge in [-0.15, -0.1) is 0 Å². The number of hydrogen-bond donors (Lipinski definition) is 3. The Bertz CT molecular complexity index is 1260. The van der Waals surface area contributed by atoms with Crippen molar-refractivity contribution in [1.29, 1.82) is 0 Å². The van der Waals surface area contributed by atoms with Crippen molar-refractivity contribution >= 4 is 14.4 Å². The average Bonchev–Trinajstić information content (AvgIpc) is 3.18. The number of aliphatic hydroxyl groups is 1. The van der Waals surface area contributed by atoms with Crippen LogP contribution in [0.2, 0.25) is 18.1 Å². The van der Waals surface area contributed by atoms with Gasteiger partial charge in [-0.05, 0) is 23.7 Å². The molecule has 1 amide bonds. The first-order valence-corrected chi connectivity index (χ1v) is 15.5. The smallest absolute Gasteiger partial charge is 0.407 e. The summed E-state index contributed by atoms with van der Waals surface area (Å²) in [5.41, 5.74) is -0.595. The van der Waals surface area contributed by atoms with Crippen LogP contribution in [-0.4, -0.2) is 65.4 Å². The van der Waals surface area contributed by atoms with Crippen LogP contribution >= 0.6 is 0 Å². The number of H-pyrrole nitrogens is 1. The molecule has 1 aliphatic heterocycles. The van der Waals surface area contributed by atoms with Gasteiger partial charge in [-0.25, -0.2) is 9.59 Å². The first kappa shape index (κ1) is 30.2. The van der Waals surface area contributed by atoms with Crippen molar-refractivity contribution in [2.45, 2.75) is 70.1 Å². The Morgan fingerprint density at radius 3 is 2.51 bits per heavy atom. The molecule has 2 aromatic rings. The van der Waals surface area contributed by atoms with Gasteiger partial charge in [0.05, 0.1) is 12.2 Å². The molecule has 1 aromatic carbocycles. The Hall–Kier alpha value is -3.33. The van der Waals surface area contributed by atoms with E-state index in [9.17, 15) is 29.6 Å². The van der Waals surface area contributed by atoms with Gasteiger partial charge in [0.1, 0.15) is 12.7 Å². The molecule has 39 heavy (non-hydrogen) atoms. The third-order valence-corrected chi connectivity index (χ3v) is 11.7. The maximum Gasteiger partial charge on any atom is 0.407 e. The lowest BCUT2D eigenvalue weighted by Crippen LogP contribution is -2.51. The van der Waals surface area contributed by atoms with Crippen LogP contribution < -0.4 is 16.6 Å². The summed E-state index contributed by atoms with van der Waals surface area (Å²) in [6.07, 6.45) is -4.28. The maximum absolute atomic E-state index is 12.7. The number of alkyl carbamates (subject to hydrolysis) is 1. The van der Waals surface area contributed by atoms with Gasteiger partial charge in [0.2, 0.25) is 6.54 Å². The van der Waals surface area contributed by atoms with E-state index < -0.39 is 67.6 Å². The fraction of sp³-hybridized carbons (Fsp3) is 0.560. The maximum atomic E-state index is 12.7. The number of benzene rings is 1. The molecule has 3 rings (SSSR count). The molecule has 3 N–H and O–H groups in total. The van der Waals surface area contributed by atoms with Crippen molar-refractivity contribution in [3.63, 3.8) is 0 Å². The summed E-state index contributed by atoms with van der Waals surface area (Å²) < 4.78 is 19.1. The minimum absolute atomic E-state index is 0.0283. The van der Waals surface area contributed by atoms with Crippen LogP contribution in [-0.2, 0) is 20.5 Å². The standard InChI is InChI=1S/C25H36N4O9Si/c1-25(2,3)39(4,5)38-21-17(13-26-24(33)36-15-16-9-7-6-8-10-16)20(18(30)14-29(34)35)37-22(21)28-12-11-19(31)27-23(28)32/h6-12,17-18,20-22,30H,13-15H2,1-5H3,(H,26,33)(H,27,31,32)/t17-,18?,20+,21-,22-/m1/s1. The first-order chi connectivity index (χ1) is 18.2. The number of hydrogen-bond acceptors (Lipinski definition) is 9. The number of aromatic nitrogens is 2. The van der Waals surface area contributed by atoms with E-state index in [1.807, 2.05) is 52.1 Å². The molecule has 0 aliphatic carbocycles. The highest BCUT2D eigenvalue weighted by molar-refractivity contribution is 6.74. The van der Waals surface area contributed by atoms with Crippen molar-refractivity contribution in [2.24, 2.45) is 5.92 Å². The molecular formula is C25H36N4O9Si. The van der Waals surface area contributed by atoms with E-state index in [0.29, 0.717) is 0 Å². The highest BCUT2D eigenvalue weighted by Gasteiger charge is 2.53. The van der Waals surface area contributed by atoms with Gasteiger partial charge >= 0.3 is 11.8 Å². The van der Waals surface area contributed by atoms with Crippen LogP contribution in [0, 0.1) is 16.0 Å². The summed E-state index contributed by atoms with van der Waals surface area (Å²) in [5.74, 6) is -0.804. The predicted molar refractivity (Wildman–Crippen MR) is 143 cm³/mol. The molecule has 14 heteroatoms. The summed E-state index contributed by atoms with van der Waals surface area (Å²) in [5, 5.41) is 24.4. The number of amides is 1. The zero-order valence-corrected chi connectivity index (χ0v) is 23.7. The number of aliphatic hydroxyl groups excluding tert-OH is 1. The van der Waals surface area contributed by atoms with Crippen molar-refractivity contribution in [3.8, 4) is 0 Å². The molecule has 13 nitrogen and oxygen atoms in total. The first-order valence-electron chi connectivity index (χ1n) is 12.6. The fourth-order valence-corrected chi connectivity index (χ4v) is 5.42. The molecule has 1 saturated heterocycles. The van der Waals surface area contributed by atoms with E-state index in [4.69, 9.17) is 13.9 Å². The van der Waals surface area contributed by atoms with Gasteiger partial charge in [0, 0.05) is 29.6 Å². The summed E-state index contributed by atoms with van der Waals surface area (Å²) >= 11 is 0. The molecule has 1 fully saturated rings. The number of nitrogens with one attached hydrogen (secondary N) is 2. The fourth-order valence-electron chi connectivity index (χ4n) is 4.09. The summed E-state index contributed by atoms with van der Waals surface area (Å²) in [7, 11) is -2.55. The minimum Gasteiger partial charge on any atom is -0.445 e. The lowest BCUT2D eigenvalue weighted by molar-refractivity contribution is -0.493. The van der Waals surface area contributed by atoms with Gasteiger partial charge < -0.3 is 24.3 Å². The lowest BCUT2D eigenvalue weighted by atomic mass is 9.94. The van der Waals surface area contributed by atoms with Gasteiger partial charge in [-0.3, -0.25) is 24.5 Å². The average molecular weight is 565 g/mol. The third-order valence-electron chi connectivity index (χ3n) is 7.19. The van der Waals surface area contributed by atoms with Gasteiger partial charge in [-0.2, -0.15) is 0 Å². The monoisotopic (exact) mass is 564 g/mol. The second kappa shape index (κ2) is 12.2.